The number of carbonyl (C=O) groups is 2. The molecule has 0 radical (unpaired) electrons. The fourth-order valence-corrected chi connectivity index (χ4v) is 3.04. The van der Waals surface area contributed by atoms with Crippen molar-refractivity contribution in [3.8, 4) is 11.1 Å². The van der Waals surface area contributed by atoms with E-state index >= 15 is 0 Å². The first kappa shape index (κ1) is 16.0. The molecule has 1 N–H and O–H groups in total. The van der Waals surface area contributed by atoms with Gasteiger partial charge >= 0.3 is 5.97 Å². The number of carbonyl (C=O) groups excluding carboxylic acids is 1. The quantitative estimate of drug-likeness (QED) is 0.929. The van der Waals surface area contributed by atoms with Gasteiger partial charge in [-0.1, -0.05) is 42.5 Å². The van der Waals surface area contributed by atoms with E-state index in [0.717, 1.165) is 23.2 Å². The third kappa shape index (κ3) is 3.08. The molecule has 3 rings (SSSR count). The highest BCUT2D eigenvalue weighted by molar-refractivity contribution is 6.10. The molecule has 0 unspecified atom stereocenters. The molecule has 0 saturated carbocycles. The Morgan fingerprint density at radius 3 is 2.08 bits per heavy atom. The molecule has 0 bridgehead atoms. The zero-order chi connectivity index (χ0) is 17.1. The van der Waals surface area contributed by atoms with Crippen LogP contribution in [-0.4, -0.2) is 24.0 Å². The first-order valence-corrected chi connectivity index (χ1v) is 7.97. The van der Waals surface area contributed by atoms with Crippen molar-refractivity contribution in [2.45, 2.75) is 19.3 Å². The Hall–Kier alpha value is -2.88. The predicted octanol–water partition coefficient (Wildman–Crippen LogP) is 3.88. The maximum absolute atomic E-state index is 12.6. The maximum Gasteiger partial charge on any atom is 0.332 e. The summed E-state index contributed by atoms with van der Waals surface area (Å²) in [7, 11) is 1.69. The molecule has 2 aromatic rings. The minimum Gasteiger partial charge on any atom is -0.478 e. The van der Waals surface area contributed by atoms with Crippen molar-refractivity contribution in [2.24, 2.45) is 0 Å². The highest BCUT2D eigenvalue weighted by atomic mass is 16.4. The van der Waals surface area contributed by atoms with E-state index in [0.29, 0.717) is 18.4 Å². The predicted molar refractivity (Wildman–Crippen MR) is 93.8 cm³/mol. The number of aliphatic carboxylic acids is 1. The summed E-state index contributed by atoms with van der Waals surface area (Å²) in [6, 6.07) is 17.7. The first-order chi connectivity index (χ1) is 11.6. The molecule has 0 atom stereocenters. The molecule has 1 aliphatic rings. The third-order valence-corrected chi connectivity index (χ3v) is 4.40. The van der Waals surface area contributed by atoms with Gasteiger partial charge in [-0.3, -0.25) is 4.79 Å². The highest BCUT2D eigenvalue weighted by Gasteiger charge is 2.27. The van der Waals surface area contributed by atoms with Gasteiger partial charge in [-0.2, -0.15) is 0 Å². The lowest BCUT2D eigenvalue weighted by molar-refractivity contribution is -0.133. The molecule has 0 spiro atoms. The van der Waals surface area contributed by atoms with E-state index in [2.05, 4.69) is 0 Å². The Morgan fingerprint density at radius 1 is 0.875 bits per heavy atom. The number of carboxylic acids is 1. The lowest BCUT2D eigenvalue weighted by Gasteiger charge is -2.19. The minimum atomic E-state index is -0.983. The molecule has 1 amide bonds. The van der Waals surface area contributed by atoms with Crippen molar-refractivity contribution in [3.05, 3.63) is 65.7 Å². The first-order valence-electron chi connectivity index (χ1n) is 7.97. The second-order valence-electron chi connectivity index (χ2n) is 5.89. The highest BCUT2D eigenvalue weighted by Crippen LogP contribution is 2.29. The van der Waals surface area contributed by atoms with Crippen LogP contribution in [0.25, 0.3) is 11.1 Å². The Bertz CT molecular complexity index is 791. The molecule has 1 aliphatic carbocycles. The minimum absolute atomic E-state index is 0.225. The van der Waals surface area contributed by atoms with Gasteiger partial charge in [0.1, 0.15) is 0 Å². The van der Waals surface area contributed by atoms with Crippen LogP contribution < -0.4 is 4.90 Å². The lowest BCUT2D eigenvalue weighted by Crippen LogP contribution is -2.28. The van der Waals surface area contributed by atoms with Crippen LogP contribution >= 0.6 is 0 Å². The largest absolute Gasteiger partial charge is 0.478 e. The van der Waals surface area contributed by atoms with Crippen LogP contribution in [0.3, 0.4) is 0 Å². The summed E-state index contributed by atoms with van der Waals surface area (Å²) in [5.41, 5.74) is 3.63. The number of likely N-dealkylation sites (N-methyl/N-ethyl adjacent to an activating group) is 1. The maximum atomic E-state index is 12.6. The van der Waals surface area contributed by atoms with Crippen LogP contribution in [0, 0.1) is 0 Å². The van der Waals surface area contributed by atoms with E-state index in [-0.39, 0.29) is 11.5 Å². The van der Waals surface area contributed by atoms with Gasteiger partial charge in [0.05, 0.1) is 0 Å². The Labute approximate surface area is 141 Å². The van der Waals surface area contributed by atoms with Crippen molar-refractivity contribution in [3.63, 3.8) is 0 Å². The Balaban J connectivity index is 1.83. The van der Waals surface area contributed by atoms with Crippen molar-refractivity contribution in [2.75, 3.05) is 11.9 Å². The van der Waals surface area contributed by atoms with Crippen molar-refractivity contribution in [1.29, 1.82) is 0 Å². The smallest absolute Gasteiger partial charge is 0.332 e. The van der Waals surface area contributed by atoms with Crippen LogP contribution in [0.4, 0.5) is 5.69 Å². The molecular formula is C20H19NO3. The lowest BCUT2D eigenvalue weighted by atomic mass is 10.0. The number of hydrogen-bond acceptors (Lipinski definition) is 2. The second-order valence-corrected chi connectivity index (χ2v) is 5.89. The van der Waals surface area contributed by atoms with E-state index in [9.17, 15) is 14.7 Å². The Morgan fingerprint density at radius 2 is 1.46 bits per heavy atom. The van der Waals surface area contributed by atoms with Gasteiger partial charge in [-0.15, -0.1) is 0 Å². The molecule has 0 aliphatic heterocycles. The normalized spacial score (nSPS) is 13.9. The van der Waals surface area contributed by atoms with Gasteiger partial charge < -0.3 is 10.0 Å². The topological polar surface area (TPSA) is 57.6 Å². The van der Waals surface area contributed by atoms with E-state index in [1.54, 1.807) is 7.05 Å². The zero-order valence-electron chi connectivity index (χ0n) is 13.5. The fourth-order valence-electron chi connectivity index (χ4n) is 3.04. The molecule has 0 fully saturated rings. The standard InChI is InChI=1S/C20H19NO3/c1-21(19(22)17-8-5-9-18(17)20(23)24)16-12-10-15(11-13-16)14-6-3-2-4-7-14/h2-4,6-7,10-13H,5,8-9H2,1H3,(H,23,24). The van der Waals surface area contributed by atoms with Crippen molar-refractivity contribution in [1.82, 2.24) is 0 Å². The fraction of sp³-hybridized carbons (Fsp3) is 0.200. The van der Waals surface area contributed by atoms with Crippen LogP contribution in [0.15, 0.2) is 65.7 Å². The molecular weight excluding hydrogens is 302 g/mol. The van der Waals surface area contributed by atoms with Crippen molar-refractivity contribution >= 4 is 17.6 Å². The molecule has 0 aromatic heterocycles. The summed E-state index contributed by atoms with van der Waals surface area (Å²) >= 11 is 0. The molecule has 4 heteroatoms. The molecule has 0 heterocycles. The van der Waals surface area contributed by atoms with Crippen molar-refractivity contribution < 1.29 is 14.7 Å². The van der Waals surface area contributed by atoms with Gasteiger partial charge in [0.2, 0.25) is 0 Å². The summed E-state index contributed by atoms with van der Waals surface area (Å²) < 4.78 is 0. The number of benzene rings is 2. The summed E-state index contributed by atoms with van der Waals surface area (Å²) in [6.45, 7) is 0. The van der Waals surface area contributed by atoms with Gasteiger partial charge in [0.15, 0.2) is 0 Å². The zero-order valence-corrected chi connectivity index (χ0v) is 13.5. The molecule has 122 valence electrons. The number of hydrogen-bond donors (Lipinski definition) is 1. The van der Waals surface area contributed by atoms with Crippen LogP contribution in [0.2, 0.25) is 0 Å². The number of amides is 1. The van der Waals surface area contributed by atoms with E-state index in [4.69, 9.17) is 0 Å². The van der Waals surface area contributed by atoms with Gasteiger partial charge in [0.25, 0.3) is 5.91 Å². The van der Waals surface area contributed by atoms with Gasteiger partial charge in [-0.25, -0.2) is 4.79 Å². The summed E-state index contributed by atoms with van der Waals surface area (Å²) in [5.74, 6) is -1.21. The average molecular weight is 321 g/mol. The monoisotopic (exact) mass is 321 g/mol. The summed E-state index contributed by atoms with van der Waals surface area (Å²) in [6.07, 6.45) is 1.73. The third-order valence-electron chi connectivity index (χ3n) is 4.40. The van der Waals surface area contributed by atoms with E-state index < -0.39 is 5.97 Å². The Kier molecular flexibility index (Phi) is 4.47. The summed E-state index contributed by atoms with van der Waals surface area (Å²) in [5, 5.41) is 9.22. The van der Waals surface area contributed by atoms with E-state index in [1.165, 1.54) is 4.90 Å². The SMILES string of the molecule is CN(C(=O)C1=C(C(=O)O)CCC1)c1ccc(-c2ccccc2)cc1. The van der Waals surface area contributed by atoms with Gasteiger partial charge in [-0.05, 0) is 42.5 Å². The van der Waals surface area contributed by atoms with Gasteiger partial charge in [0, 0.05) is 23.9 Å². The van der Waals surface area contributed by atoms with Crippen LogP contribution in [0.1, 0.15) is 19.3 Å². The second kappa shape index (κ2) is 6.71. The molecule has 4 nitrogen and oxygen atoms in total. The number of anilines is 1. The number of nitrogens with zero attached hydrogens (tertiary/aromatic N) is 1. The average Bonchev–Trinajstić information content (AvgIpc) is 3.11. The number of rotatable bonds is 4. The molecule has 0 saturated heterocycles. The van der Waals surface area contributed by atoms with Crippen LogP contribution in [0.5, 0.6) is 0 Å². The molecule has 24 heavy (non-hydrogen) atoms. The van der Waals surface area contributed by atoms with E-state index in [1.807, 2.05) is 54.6 Å². The van der Waals surface area contributed by atoms with Crippen LogP contribution in [-0.2, 0) is 9.59 Å². The number of carboxylic acid groups (broad SMARTS) is 1. The molecule has 2 aromatic carbocycles. The summed E-state index contributed by atoms with van der Waals surface area (Å²) in [4.78, 5) is 25.4.